The molecule has 0 aliphatic carbocycles. The number of aliphatic hydroxyl groups is 1. The summed E-state index contributed by atoms with van der Waals surface area (Å²) in [5.41, 5.74) is 8.50. The first-order valence-corrected chi connectivity index (χ1v) is 16.1. The molecule has 3 aliphatic heterocycles. The van der Waals surface area contributed by atoms with Crippen LogP contribution in [0.5, 0.6) is 0 Å². The smallest absolute Gasteiger partial charge is 0.303 e. The lowest BCUT2D eigenvalue weighted by Gasteiger charge is -2.12. The molecule has 7 N–H and O–H groups in total. The van der Waals surface area contributed by atoms with Crippen LogP contribution in [0.2, 0.25) is 0 Å². The van der Waals surface area contributed by atoms with E-state index in [0.717, 1.165) is 56.3 Å². The maximum absolute atomic E-state index is 12.6. The van der Waals surface area contributed by atoms with Crippen LogP contribution in [0, 0.1) is 25.7 Å². The lowest BCUT2D eigenvalue weighted by Crippen LogP contribution is -2.30. The first-order chi connectivity index (χ1) is 21.3. The summed E-state index contributed by atoms with van der Waals surface area (Å²) in [6.07, 6.45) is 4.81. The quantitative estimate of drug-likeness (QED) is 0.163. The van der Waals surface area contributed by atoms with Crippen LogP contribution < -0.4 is 10.6 Å². The second kappa shape index (κ2) is 12.8. The predicted octanol–water partition coefficient (Wildman–Crippen LogP) is 3.29. The van der Waals surface area contributed by atoms with Crippen LogP contribution in [0.25, 0.3) is 6.08 Å². The third kappa shape index (κ3) is 6.53. The van der Waals surface area contributed by atoms with Gasteiger partial charge in [-0.25, -0.2) is 0 Å². The van der Waals surface area contributed by atoms with Gasteiger partial charge in [-0.05, 0) is 67.5 Å². The zero-order valence-corrected chi connectivity index (χ0v) is 26.7. The molecule has 12 heteroatoms. The van der Waals surface area contributed by atoms with Gasteiger partial charge in [0, 0.05) is 71.6 Å². The number of carboxylic acids is 2. The largest absolute Gasteiger partial charge is 0.481 e. The zero-order chi connectivity index (χ0) is 32.7. The number of carboxylic acid groups (broad SMARTS) is 2. The van der Waals surface area contributed by atoms with E-state index in [1.165, 1.54) is 11.8 Å². The van der Waals surface area contributed by atoms with Crippen molar-refractivity contribution in [3.8, 4) is 0 Å². The van der Waals surface area contributed by atoms with E-state index < -0.39 is 17.4 Å². The summed E-state index contributed by atoms with van der Waals surface area (Å²) in [6, 6.07) is -0.222. The number of aromatic amines is 2. The summed E-state index contributed by atoms with van der Waals surface area (Å²) >= 11 is 1.43. The Morgan fingerprint density at radius 3 is 2.11 bits per heavy atom. The molecule has 5 heterocycles. The molecule has 45 heavy (non-hydrogen) atoms. The third-order valence-electron chi connectivity index (χ3n) is 9.45. The SMILES string of the molecule is C=CC1=C(C)[C@@H](Cc2[nH]c(Cc3[nH]c(/C=C4\NC(=O)[C@H](C)[C@H]4[C@H]4S[C@@H]4O)c(C)c3CCC(=O)O)c(CCC(=O)O)c2C)NC1=O. The fourth-order valence-electron chi connectivity index (χ4n) is 6.72. The van der Waals surface area contributed by atoms with Crippen molar-refractivity contribution in [3.63, 3.8) is 0 Å². The van der Waals surface area contributed by atoms with E-state index in [9.17, 15) is 34.5 Å². The standard InChI is InChI=1S/C33H40N4O7S/c1-6-18-14(2)23(36-32(18)43)11-21-15(3)19(7-9-27(38)39)24(34-21)13-25-20(8-10-28(40)41)16(4)22(35-25)12-26-29(30-33(44)45-30)17(5)31(42)37-26/h6,12,17,23,29-30,33-35,44H,1,7-11,13H2,2-5H3,(H,36,43)(H,37,42)(H,38,39)(H,40,41)/b26-12-/t17-,23-,29-,30-,33+/m1/s1. The highest BCUT2D eigenvalue weighted by atomic mass is 32.2. The molecule has 2 aromatic heterocycles. The van der Waals surface area contributed by atoms with Crippen molar-refractivity contribution in [2.45, 2.75) is 82.9 Å². The summed E-state index contributed by atoms with van der Waals surface area (Å²) < 4.78 is 0. The monoisotopic (exact) mass is 636 g/mol. The highest BCUT2D eigenvalue weighted by Gasteiger charge is 2.51. The lowest BCUT2D eigenvalue weighted by molar-refractivity contribution is -0.138. The van der Waals surface area contributed by atoms with E-state index in [1.807, 2.05) is 33.8 Å². The molecule has 2 aromatic rings. The molecule has 11 nitrogen and oxygen atoms in total. The minimum absolute atomic E-state index is 0.0535. The molecular weight excluding hydrogens is 596 g/mol. The number of rotatable bonds is 13. The highest BCUT2D eigenvalue weighted by molar-refractivity contribution is 8.07. The Kier molecular flexibility index (Phi) is 9.18. The van der Waals surface area contributed by atoms with Crippen LogP contribution in [0.4, 0.5) is 0 Å². The van der Waals surface area contributed by atoms with Gasteiger partial charge in [0.25, 0.3) is 5.91 Å². The topological polar surface area (TPSA) is 185 Å². The second-order valence-electron chi connectivity index (χ2n) is 12.2. The summed E-state index contributed by atoms with van der Waals surface area (Å²) in [6.45, 7) is 11.4. The van der Waals surface area contributed by atoms with Crippen molar-refractivity contribution in [3.05, 3.63) is 74.5 Å². The molecule has 5 atom stereocenters. The van der Waals surface area contributed by atoms with E-state index in [2.05, 4.69) is 27.2 Å². The van der Waals surface area contributed by atoms with E-state index in [0.29, 0.717) is 31.3 Å². The molecule has 2 amide bonds. The van der Waals surface area contributed by atoms with E-state index in [4.69, 9.17) is 0 Å². The van der Waals surface area contributed by atoms with Crippen molar-refractivity contribution in [1.29, 1.82) is 0 Å². The molecule has 0 saturated carbocycles. The van der Waals surface area contributed by atoms with Crippen LogP contribution >= 0.6 is 11.8 Å². The molecule has 0 aromatic carbocycles. The van der Waals surface area contributed by atoms with Crippen molar-refractivity contribution in [2.75, 3.05) is 0 Å². The number of carbonyl (C=O) groups excluding carboxylic acids is 2. The van der Waals surface area contributed by atoms with E-state index in [1.54, 1.807) is 6.08 Å². The van der Waals surface area contributed by atoms with Crippen LogP contribution in [-0.4, -0.2) is 65.8 Å². The molecule has 0 spiro atoms. The first kappa shape index (κ1) is 32.4. The number of hydrogen-bond acceptors (Lipinski definition) is 6. The fourth-order valence-corrected chi connectivity index (χ4v) is 7.67. The molecule has 5 rings (SSSR count). The summed E-state index contributed by atoms with van der Waals surface area (Å²) in [7, 11) is 0. The predicted molar refractivity (Wildman–Crippen MR) is 170 cm³/mol. The molecule has 3 aliphatic rings. The zero-order valence-electron chi connectivity index (χ0n) is 25.9. The Labute approximate surface area is 265 Å². The van der Waals surface area contributed by atoms with Gasteiger partial charge < -0.3 is 35.9 Å². The highest BCUT2D eigenvalue weighted by Crippen LogP contribution is 2.51. The lowest BCUT2D eigenvalue weighted by atomic mass is 9.91. The Hall–Kier alpha value is -4.03. The normalized spacial score (nSPS) is 25.2. The fraction of sp³-hybridized carbons (Fsp3) is 0.455. The van der Waals surface area contributed by atoms with Gasteiger partial charge in [-0.2, -0.15) is 0 Å². The number of nitrogens with one attached hydrogen (secondary N) is 4. The molecule has 0 radical (unpaired) electrons. The summed E-state index contributed by atoms with van der Waals surface area (Å²) in [5, 5.41) is 35.0. The molecule has 2 fully saturated rings. The van der Waals surface area contributed by atoms with Crippen molar-refractivity contribution < 1.29 is 34.5 Å². The Morgan fingerprint density at radius 2 is 1.56 bits per heavy atom. The third-order valence-corrected chi connectivity index (χ3v) is 10.6. The maximum atomic E-state index is 12.6. The number of H-pyrrole nitrogens is 2. The van der Waals surface area contributed by atoms with Crippen molar-refractivity contribution in [1.82, 2.24) is 20.6 Å². The Morgan fingerprint density at radius 1 is 0.956 bits per heavy atom. The number of aromatic nitrogens is 2. The number of thioether (sulfide) groups is 1. The van der Waals surface area contributed by atoms with Gasteiger partial charge in [0.1, 0.15) is 5.44 Å². The average molecular weight is 637 g/mol. The first-order valence-electron chi connectivity index (χ1n) is 15.1. The average Bonchev–Trinajstić information content (AvgIpc) is 3.20. The van der Waals surface area contributed by atoms with Gasteiger partial charge in [-0.15, -0.1) is 11.8 Å². The number of hydrogen-bond donors (Lipinski definition) is 7. The van der Waals surface area contributed by atoms with Crippen LogP contribution in [0.1, 0.15) is 71.7 Å². The Bertz CT molecular complexity index is 1650. The minimum atomic E-state index is -0.917. The molecule has 0 bridgehead atoms. The summed E-state index contributed by atoms with van der Waals surface area (Å²) in [5.74, 6) is -2.53. The van der Waals surface area contributed by atoms with Gasteiger partial charge in [0.15, 0.2) is 0 Å². The Balaban J connectivity index is 1.52. The number of allylic oxidation sites excluding steroid dienone is 1. The van der Waals surface area contributed by atoms with Gasteiger partial charge >= 0.3 is 11.9 Å². The maximum Gasteiger partial charge on any atom is 0.303 e. The second-order valence-corrected chi connectivity index (χ2v) is 13.5. The van der Waals surface area contributed by atoms with Gasteiger partial charge in [-0.3, -0.25) is 19.2 Å². The van der Waals surface area contributed by atoms with Gasteiger partial charge in [0.2, 0.25) is 5.91 Å². The molecule has 0 unspecified atom stereocenters. The van der Waals surface area contributed by atoms with Crippen molar-refractivity contribution in [2.24, 2.45) is 11.8 Å². The number of amides is 2. The van der Waals surface area contributed by atoms with Crippen LogP contribution in [-0.2, 0) is 44.9 Å². The molecular formula is C33H40N4O7S. The van der Waals surface area contributed by atoms with Gasteiger partial charge in [0.05, 0.1) is 11.3 Å². The molecule has 2 saturated heterocycles. The van der Waals surface area contributed by atoms with Crippen LogP contribution in [0.3, 0.4) is 0 Å². The minimum Gasteiger partial charge on any atom is -0.481 e. The molecule has 240 valence electrons. The summed E-state index contributed by atoms with van der Waals surface area (Å²) in [4.78, 5) is 55.1. The van der Waals surface area contributed by atoms with Gasteiger partial charge in [-0.1, -0.05) is 19.6 Å². The number of aliphatic hydroxyl groups excluding tert-OH is 1. The van der Waals surface area contributed by atoms with Crippen molar-refractivity contribution >= 4 is 41.6 Å². The van der Waals surface area contributed by atoms with Crippen LogP contribution in [0.15, 0.2) is 29.5 Å². The number of carbonyl (C=O) groups is 4. The van der Waals surface area contributed by atoms with E-state index in [-0.39, 0.29) is 47.8 Å². The van der Waals surface area contributed by atoms with E-state index >= 15 is 0 Å². The number of aliphatic carboxylic acids is 2.